The summed E-state index contributed by atoms with van der Waals surface area (Å²) in [5.41, 5.74) is 2.48. The summed E-state index contributed by atoms with van der Waals surface area (Å²) >= 11 is 5.80. The second-order valence-corrected chi connectivity index (χ2v) is 4.03. The summed E-state index contributed by atoms with van der Waals surface area (Å²) < 4.78 is 0. The van der Waals surface area contributed by atoms with E-state index in [9.17, 15) is 4.79 Å². The Kier molecular flexibility index (Phi) is 4.40. The van der Waals surface area contributed by atoms with Crippen molar-refractivity contribution in [3.05, 3.63) is 40.3 Å². The monoisotopic (exact) mass is 252 g/mol. The summed E-state index contributed by atoms with van der Waals surface area (Å²) in [5, 5.41) is 8.74. The van der Waals surface area contributed by atoms with Crippen LogP contribution in [-0.4, -0.2) is 21.8 Å². The number of nitrogens with zero attached hydrogens (tertiary/aromatic N) is 2. The summed E-state index contributed by atoms with van der Waals surface area (Å²) in [4.78, 5) is 18.8. The van der Waals surface area contributed by atoms with E-state index < -0.39 is 5.97 Å². The number of hydrogen-bond donors (Lipinski definition) is 1. The minimum absolute atomic E-state index is 0.0171. The van der Waals surface area contributed by atoms with Crippen LogP contribution in [0.15, 0.2) is 34.2 Å². The number of aryl methyl sites for hydroxylation is 1. The molecule has 0 saturated heterocycles. The standard InChI is InChI=1S/C12H13ClN2O2/c1-7-4-10(6-14-5-7)9(3)15-11(13)8(2)12(16)17/h4-6H,1-3H3,(H,16,17)/b11-8+,15-9?. The average Bonchev–Trinajstić information content (AvgIpc) is 2.27. The molecule has 90 valence electrons. The molecule has 0 aliphatic carbocycles. The van der Waals surface area contributed by atoms with Gasteiger partial charge in [0.25, 0.3) is 0 Å². The Morgan fingerprint density at radius 3 is 2.59 bits per heavy atom. The molecule has 0 saturated carbocycles. The molecule has 0 unspecified atom stereocenters. The topological polar surface area (TPSA) is 62.5 Å². The lowest BCUT2D eigenvalue weighted by Crippen LogP contribution is -2.00. The van der Waals surface area contributed by atoms with E-state index >= 15 is 0 Å². The molecule has 0 atom stereocenters. The van der Waals surface area contributed by atoms with Crippen molar-refractivity contribution in [1.82, 2.24) is 4.98 Å². The van der Waals surface area contributed by atoms with E-state index in [0.29, 0.717) is 5.71 Å². The van der Waals surface area contributed by atoms with Gasteiger partial charge in [0.1, 0.15) is 5.16 Å². The lowest BCUT2D eigenvalue weighted by atomic mass is 10.1. The maximum absolute atomic E-state index is 10.7. The summed E-state index contributed by atoms with van der Waals surface area (Å²) in [6.07, 6.45) is 3.39. The third-order valence-corrected chi connectivity index (χ3v) is 2.56. The van der Waals surface area contributed by atoms with Gasteiger partial charge in [0.2, 0.25) is 0 Å². The number of rotatable bonds is 3. The van der Waals surface area contributed by atoms with Gasteiger partial charge in [-0.15, -0.1) is 0 Å². The molecule has 1 aromatic rings. The number of aromatic nitrogens is 1. The third-order valence-electron chi connectivity index (χ3n) is 2.19. The zero-order valence-corrected chi connectivity index (χ0v) is 10.6. The highest BCUT2D eigenvalue weighted by molar-refractivity contribution is 6.32. The van der Waals surface area contributed by atoms with Crippen molar-refractivity contribution in [3.8, 4) is 0 Å². The number of carbonyl (C=O) groups is 1. The molecule has 0 aliphatic rings. The van der Waals surface area contributed by atoms with E-state index in [4.69, 9.17) is 16.7 Å². The van der Waals surface area contributed by atoms with Crippen molar-refractivity contribution in [1.29, 1.82) is 0 Å². The Balaban J connectivity index is 3.09. The highest BCUT2D eigenvalue weighted by atomic mass is 35.5. The van der Waals surface area contributed by atoms with E-state index in [-0.39, 0.29) is 10.7 Å². The highest BCUT2D eigenvalue weighted by Crippen LogP contribution is 2.13. The highest BCUT2D eigenvalue weighted by Gasteiger charge is 2.07. The lowest BCUT2D eigenvalue weighted by molar-refractivity contribution is -0.132. The molecule has 1 N–H and O–H groups in total. The third kappa shape index (κ3) is 3.67. The fourth-order valence-corrected chi connectivity index (χ4v) is 1.34. The van der Waals surface area contributed by atoms with Crippen LogP contribution < -0.4 is 0 Å². The molecule has 1 heterocycles. The molecule has 1 rings (SSSR count). The van der Waals surface area contributed by atoms with Gasteiger partial charge in [-0.2, -0.15) is 0 Å². The van der Waals surface area contributed by atoms with Gasteiger partial charge in [-0.3, -0.25) is 4.98 Å². The quantitative estimate of drug-likeness (QED) is 0.511. The normalized spacial score (nSPS) is 13.3. The Morgan fingerprint density at radius 2 is 2.06 bits per heavy atom. The molecule has 4 nitrogen and oxygen atoms in total. The summed E-state index contributed by atoms with van der Waals surface area (Å²) in [6.45, 7) is 5.09. The number of pyridine rings is 1. The molecule has 0 amide bonds. The van der Waals surface area contributed by atoms with Gasteiger partial charge >= 0.3 is 5.97 Å². The first-order chi connectivity index (χ1) is 7.91. The van der Waals surface area contributed by atoms with E-state index in [1.54, 1.807) is 19.3 Å². The van der Waals surface area contributed by atoms with Gasteiger partial charge in [0.15, 0.2) is 0 Å². The van der Waals surface area contributed by atoms with Crippen molar-refractivity contribution in [2.24, 2.45) is 4.99 Å². The van der Waals surface area contributed by atoms with Crippen LogP contribution in [0.4, 0.5) is 0 Å². The predicted molar refractivity (Wildman–Crippen MR) is 67.4 cm³/mol. The Morgan fingerprint density at radius 1 is 1.41 bits per heavy atom. The first-order valence-electron chi connectivity index (χ1n) is 4.99. The minimum atomic E-state index is -1.08. The SMILES string of the molecule is CC(=N/C(Cl)=C(\C)C(=O)O)c1cncc(C)c1. The molecule has 5 heteroatoms. The molecule has 17 heavy (non-hydrogen) atoms. The zero-order chi connectivity index (χ0) is 13.0. The number of carboxylic acids is 1. The Hall–Kier alpha value is -1.68. The van der Waals surface area contributed by atoms with Crippen LogP contribution in [0.25, 0.3) is 0 Å². The number of carboxylic acid groups (broad SMARTS) is 1. The second-order valence-electron chi connectivity index (χ2n) is 3.67. The Labute approximate surface area is 105 Å². The van der Waals surface area contributed by atoms with Crippen LogP contribution in [-0.2, 0) is 4.79 Å². The summed E-state index contributed by atoms with van der Waals surface area (Å²) in [7, 11) is 0. The average molecular weight is 253 g/mol. The molecule has 0 aliphatic heterocycles. The molecule has 0 fully saturated rings. The number of aliphatic imine (C=N–C) groups is 1. The molecule has 1 aromatic heterocycles. The van der Waals surface area contributed by atoms with Crippen LogP contribution in [0, 0.1) is 6.92 Å². The molecule has 0 radical (unpaired) electrons. The van der Waals surface area contributed by atoms with Crippen molar-refractivity contribution < 1.29 is 9.90 Å². The van der Waals surface area contributed by atoms with E-state index in [1.807, 2.05) is 13.0 Å². The number of hydrogen-bond acceptors (Lipinski definition) is 3. The van der Waals surface area contributed by atoms with Gasteiger partial charge in [0, 0.05) is 23.7 Å². The number of aliphatic carboxylic acids is 1. The molecule has 0 spiro atoms. The smallest absolute Gasteiger partial charge is 0.334 e. The van der Waals surface area contributed by atoms with Crippen LogP contribution in [0.5, 0.6) is 0 Å². The van der Waals surface area contributed by atoms with E-state index in [2.05, 4.69) is 9.98 Å². The van der Waals surface area contributed by atoms with E-state index in [1.165, 1.54) is 6.92 Å². The molecule has 0 bridgehead atoms. The lowest BCUT2D eigenvalue weighted by Gasteiger charge is -2.02. The maximum Gasteiger partial charge on any atom is 0.334 e. The van der Waals surface area contributed by atoms with Gasteiger partial charge in [-0.05, 0) is 32.4 Å². The largest absolute Gasteiger partial charge is 0.478 e. The van der Waals surface area contributed by atoms with Crippen LogP contribution in [0.3, 0.4) is 0 Å². The van der Waals surface area contributed by atoms with E-state index in [0.717, 1.165) is 11.1 Å². The summed E-state index contributed by atoms with van der Waals surface area (Å²) in [5.74, 6) is -1.08. The van der Waals surface area contributed by atoms with Crippen molar-refractivity contribution in [2.75, 3.05) is 0 Å². The van der Waals surface area contributed by atoms with Gasteiger partial charge in [0.05, 0.1) is 5.57 Å². The zero-order valence-electron chi connectivity index (χ0n) is 9.86. The predicted octanol–water partition coefficient (Wildman–Crippen LogP) is 2.75. The van der Waals surface area contributed by atoms with Crippen molar-refractivity contribution >= 4 is 23.3 Å². The molecular formula is C12H13ClN2O2. The van der Waals surface area contributed by atoms with Crippen LogP contribution in [0.2, 0.25) is 0 Å². The molecule has 0 aromatic carbocycles. The van der Waals surface area contributed by atoms with Crippen molar-refractivity contribution in [2.45, 2.75) is 20.8 Å². The van der Waals surface area contributed by atoms with Gasteiger partial charge < -0.3 is 5.11 Å². The van der Waals surface area contributed by atoms with Gasteiger partial charge in [-0.25, -0.2) is 9.79 Å². The minimum Gasteiger partial charge on any atom is -0.478 e. The van der Waals surface area contributed by atoms with Crippen LogP contribution >= 0.6 is 11.6 Å². The maximum atomic E-state index is 10.7. The van der Waals surface area contributed by atoms with Gasteiger partial charge in [-0.1, -0.05) is 11.6 Å². The number of halogens is 1. The first kappa shape index (κ1) is 13.4. The van der Waals surface area contributed by atoms with Crippen LogP contribution in [0.1, 0.15) is 25.0 Å². The first-order valence-corrected chi connectivity index (χ1v) is 5.36. The summed E-state index contributed by atoms with van der Waals surface area (Å²) in [6, 6.07) is 1.91. The fourth-order valence-electron chi connectivity index (χ4n) is 1.14. The second kappa shape index (κ2) is 5.59. The Bertz CT molecular complexity index is 507. The molecular weight excluding hydrogens is 240 g/mol. The van der Waals surface area contributed by atoms with Crippen molar-refractivity contribution in [3.63, 3.8) is 0 Å². The fraction of sp³-hybridized carbons (Fsp3) is 0.250.